The van der Waals surface area contributed by atoms with Crippen LogP contribution >= 0.6 is 27.3 Å². The van der Waals surface area contributed by atoms with Crippen molar-refractivity contribution in [3.63, 3.8) is 0 Å². The maximum atomic E-state index is 12.1. The van der Waals surface area contributed by atoms with E-state index < -0.39 is 10.0 Å². The van der Waals surface area contributed by atoms with E-state index in [-0.39, 0.29) is 6.04 Å². The average molecular weight is 346 g/mol. The fourth-order valence-corrected chi connectivity index (χ4v) is 4.46. The van der Waals surface area contributed by atoms with Crippen molar-refractivity contribution in [2.45, 2.75) is 17.2 Å². The summed E-state index contributed by atoms with van der Waals surface area (Å²) in [5.41, 5.74) is 0.914. The Morgan fingerprint density at radius 1 is 1.22 bits per heavy atom. The summed E-state index contributed by atoms with van der Waals surface area (Å²) in [6, 6.07) is 10.6. The Morgan fingerprint density at radius 2 is 1.94 bits per heavy atom. The largest absolute Gasteiger partial charge is 0.250 e. The molecule has 0 fully saturated rings. The van der Waals surface area contributed by atoms with Gasteiger partial charge in [-0.05, 0) is 30.0 Å². The van der Waals surface area contributed by atoms with Crippen molar-refractivity contribution in [2.24, 2.45) is 0 Å². The number of hydrogen-bond donors (Lipinski definition) is 1. The van der Waals surface area contributed by atoms with E-state index in [0.717, 1.165) is 10.0 Å². The van der Waals surface area contributed by atoms with E-state index in [0.29, 0.717) is 4.21 Å². The van der Waals surface area contributed by atoms with Gasteiger partial charge in [0, 0.05) is 10.5 Å². The molecule has 1 aromatic carbocycles. The van der Waals surface area contributed by atoms with Crippen molar-refractivity contribution >= 4 is 37.3 Å². The maximum Gasteiger partial charge on any atom is 0.250 e. The van der Waals surface area contributed by atoms with Gasteiger partial charge in [0.05, 0.1) is 0 Å². The van der Waals surface area contributed by atoms with Gasteiger partial charge in [-0.15, -0.1) is 11.3 Å². The number of halogens is 1. The minimum Gasteiger partial charge on any atom is -0.206 e. The van der Waals surface area contributed by atoms with Gasteiger partial charge < -0.3 is 0 Å². The lowest BCUT2D eigenvalue weighted by Gasteiger charge is -2.15. The molecule has 96 valence electrons. The Hall–Kier alpha value is -0.690. The molecule has 0 radical (unpaired) electrons. The fourth-order valence-electron chi connectivity index (χ4n) is 1.60. The molecule has 1 aromatic heterocycles. The molecular weight excluding hydrogens is 334 g/mol. The predicted octanol–water partition coefficient (Wildman–Crippen LogP) is 3.55. The molecular formula is C12H12BrNO2S2. The smallest absolute Gasteiger partial charge is 0.206 e. The number of hydrogen-bond acceptors (Lipinski definition) is 3. The first-order chi connectivity index (χ1) is 8.50. The molecule has 0 amide bonds. The number of sulfonamides is 1. The van der Waals surface area contributed by atoms with E-state index in [2.05, 4.69) is 20.7 Å². The summed E-state index contributed by atoms with van der Waals surface area (Å²) in [5.74, 6) is 0. The zero-order valence-electron chi connectivity index (χ0n) is 9.63. The standard InChI is InChI=1S/C12H12BrNO2S2/c1-9(10-5-2-3-6-11(10)13)14-18(15,16)12-7-4-8-17-12/h2-9,14H,1H3/t9-/m1/s1. The Labute approximate surface area is 119 Å². The number of rotatable bonds is 4. The summed E-state index contributed by atoms with van der Waals surface area (Å²) < 4.78 is 28.0. The molecule has 1 heterocycles. The topological polar surface area (TPSA) is 46.2 Å². The average Bonchev–Trinajstić information content (AvgIpc) is 2.82. The lowest BCUT2D eigenvalue weighted by atomic mass is 10.1. The minimum atomic E-state index is -3.43. The van der Waals surface area contributed by atoms with Crippen molar-refractivity contribution in [1.29, 1.82) is 0 Å². The van der Waals surface area contributed by atoms with E-state index in [1.54, 1.807) is 17.5 Å². The van der Waals surface area contributed by atoms with Crippen LogP contribution in [0.4, 0.5) is 0 Å². The first-order valence-corrected chi connectivity index (χ1v) is 8.46. The van der Waals surface area contributed by atoms with Gasteiger partial charge in [0.1, 0.15) is 4.21 Å². The summed E-state index contributed by atoms with van der Waals surface area (Å²) >= 11 is 4.63. The highest BCUT2D eigenvalue weighted by Crippen LogP contribution is 2.25. The Kier molecular flexibility index (Phi) is 4.21. The van der Waals surface area contributed by atoms with Crippen LogP contribution in [0.25, 0.3) is 0 Å². The summed E-state index contributed by atoms with van der Waals surface area (Å²) in [6.07, 6.45) is 0. The highest BCUT2D eigenvalue weighted by Gasteiger charge is 2.20. The van der Waals surface area contributed by atoms with Gasteiger partial charge in [-0.2, -0.15) is 0 Å². The molecule has 0 saturated carbocycles. The number of nitrogens with one attached hydrogen (secondary N) is 1. The second kappa shape index (κ2) is 5.52. The van der Waals surface area contributed by atoms with Crippen LogP contribution < -0.4 is 4.72 Å². The number of benzene rings is 1. The van der Waals surface area contributed by atoms with Crippen LogP contribution in [0.1, 0.15) is 18.5 Å². The molecule has 0 saturated heterocycles. The van der Waals surface area contributed by atoms with Gasteiger partial charge in [0.25, 0.3) is 10.0 Å². The summed E-state index contributed by atoms with van der Waals surface area (Å²) in [6.45, 7) is 1.82. The quantitative estimate of drug-likeness (QED) is 0.920. The van der Waals surface area contributed by atoms with Crippen LogP contribution in [0.15, 0.2) is 50.5 Å². The van der Waals surface area contributed by atoms with Crippen molar-refractivity contribution in [3.05, 3.63) is 51.8 Å². The summed E-state index contributed by atoms with van der Waals surface area (Å²) in [5, 5.41) is 1.75. The normalized spacial score (nSPS) is 13.4. The highest BCUT2D eigenvalue weighted by molar-refractivity contribution is 9.10. The van der Waals surface area contributed by atoms with Crippen LogP contribution in [0.3, 0.4) is 0 Å². The van der Waals surface area contributed by atoms with Gasteiger partial charge in [-0.1, -0.05) is 40.2 Å². The SMILES string of the molecule is C[C@@H](NS(=O)(=O)c1cccs1)c1ccccc1Br. The third-order valence-electron chi connectivity index (χ3n) is 2.46. The van der Waals surface area contributed by atoms with Gasteiger partial charge >= 0.3 is 0 Å². The molecule has 2 aromatic rings. The van der Waals surface area contributed by atoms with E-state index in [1.807, 2.05) is 31.2 Å². The van der Waals surface area contributed by atoms with Gasteiger partial charge in [0.15, 0.2) is 0 Å². The summed E-state index contributed by atoms with van der Waals surface area (Å²) in [7, 11) is -3.43. The third-order valence-corrected chi connectivity index (χ3v) is 6.12. The highest BCUT2D eigenvalue weighted by atomic mass is 79.9. The van der Waals surface area contributed by atoms with E-state index in [9.17, 15) is 8.42 Å². The molecule has 1 N–H and O–H groups in total. The van der Waals surface area contributed by atoms with Crippen LogP contribution in [0.5, 0.6) is 0 Å². The molecule has 0 aliphatic heterocycles. The Balaban J connectivity index is 2.23. The molecule has 0 spiro atoms. The summed E-state index contributed by atoms with van der Waals surface area (Å²) in [4.78, 5) is 0. The first kappa shape index (κ1) is 13.7. The van der Waals surface area contributed by atoms with E-state index >= 15 is 0 Å². The second-order valence-corrected chi connectivity index (χ2v) is 7.54. The number of thiophene rings is 1. The molecule has 0 unspecified atom stereocenters. The minimum absolute atomic E-state index is 0.285. The second-order valence-electron chi connectivity index (χ2n) is 3.80. The van der Waals surface area contributed by atoms with E-state index in [4.69, 9.17) is 0 Å². The molecule has 18 heavy (non-hydrogen) atoms. The molecule has 0 bridgehead atoms. The molecule has 1 atom stereocenters. The maximum absolute atomic E-state index is 12.1. The molecule has 6 heteroatoms. The molecule has 0 aliphatic rings. The van der Waals surface area contributed by atoms with Gasteiger partial charge in [0.2, 0.25) is 0 Å². The van der Waals surface area contributed by atoms with Gasteiger partial charge in [-0.25, -0.2) is 13.1 Å². The molecule has 2 rings (SSSR count). The van der Waals surface area contributed by atoms with Crippen molar-refractivity contribution in [3.8, 4) is 0 Å². The Bertz CT molecular complexity index is 623. The van der Waals surface area contributed by atoms with Crippen LogP contribution in [0.2, 0.25) is 0 Å². The van der Waals surface area contributed by atoms with Crippen molar-refractivity contribution < 1.29 is 8.42 Å². The van der Waals surface area contributed by atoms with Crippen LogP contribution in [0, 0.1) is 0 Å². The van der Waals surface area contributed by atoms with Crippen molar-refractivity contribution in [1.82, 2.24) is 4.72 Å². The zero-order valence-corrected chi connectivity index (χ0v) is 12.8. The van der Waals surface area contributed by atoms with Gasteiger partial charge in [-0.3, -0.25) is 0 Å². The predicted molar refractivity (Wildman–Crippen MR) is 77.2 cm³/mol. The first-order valence-electron chi connectivity index (χ1n) is 5.31. The lowest BCUT2D eigenvalue weighted by Crippen LogP contribution is -2.26. The molecule has 3 nitrogen and oxygen atoms in total. The Morgan fingerprint density at radius 3 is 2.56 bits per heavy atom. The molecule has 0 aliphatic carbocycles. The van der Waals surface area contributed by atoms with Crippen molar-refractivity contribution in [2.75, 3.05) is 0 Å². The monoisotopic (exact) mass is 345 g/mol. The van der Waals surface area contributed by atoms with Crippen LogP contribution in [-0.4, -0.2) is 8.42 Å². The van der Waals surface area contributed by atoms with Crippen LogP contribution in [-0.2, 0) is 10.0 Å². The lowest BCUT2D eigenvalue weighted by molar-refractivity contribution is 0.568. The van der Waals surface area contributed by atoms with E-state index in [1.165, 1.54) is 11.3 Å². The fraction of sp³-hybridized carbons (Fsp3) is 0.167. The third kappa shape index (κ3) is 3.00. The zero-order chi connectivity index (χ0) is 13.2.